The van der Waals surface area contributed by atoms with Gasteiger partial charge in [-0.15, -0.1) is 0 Å². The summed E-state index contributed by atoms with van der Waals surface area (Å²) in [4.78, 5) is 14.4. The second kappa shape index (κ2) is 5.77. The molecule has 2 atom stereocenters. The minimum atomic E-state index is -0.456. The van der Waals surface area contributed by atoms with Crippen LogP contribution in [0.5, 0.6) is 0 Å². The number of aliphatic hydroxyl groups excluding tert-OH is 1. The van der Waals surface area contributed by atoms with Gasteiger partial charge in [-0.25, -0.2) is 0 Å². The molecule has 0 spiro atoms. The Labute approximate surface area is 125 Å². The lowest BCUT2D eigenvalue weighted by Gasteiger charge is -2.26. The first kappa shape index (κ1) is 16.0. The third-order valence-corrected chi connectivity index (χ3v) is 3.81. The van der Waals surface area contributed by atoms with Gasteiger partial charge < -0.3 is 9.63 Å². The maximum atomic E-state index is 12.4. The van der Waals surface area contributed by atoms with E-state index in [1.54, 1.807) is 6.07 Å². The molecule has 1 aromatic heterocycles. The third-order valence-electron chi connectivity index (χ3n) is 3.81. The highest BCUT2D eigenvalue weighted by Crippen LogP contribution is 2.25. The smallest absolute Gasteiger partial charge is 0.244 e. The summed E-state index contributed by atoms with van der Waals surface area (Å²) in [5.74, 6) is 0.201. The molecule has 6 nitrogen and oxygen atoms in total. The SMILES string of the molecule is CC(C)N1CC(O)CC1C(=O)Nc1cc(C(C)(C)C)no1. The van der Waals surface area contributed by atoms with Crippen molar-refractivity contribution >= 4 is 11.8 Å². The molecule has 0 aliphatic carbocycles. The van der Waals surface area contributed by atoms with Gasteiger partial charge in [0.1, 0.15) is 0 Å². The van der Waals surface area contributed by atoms with Crippen molar-refractivity contribution in [1.29, 1.82) is 0 Å². The summed E-state index contributed by atoms with van der Waals surface area (Å²) in [7, 11) is 0. The quantitative estimate of drug-likeness (QED) is 0.888. The van der Waals surface area contributed by atoms with Gasteiger partial charge >= 0.3 is 0 Å². The van der Waals surface area contributed by atoms with Crippen LogP contribution in [0.4, 0.5) is 5.88 Å². The Hall–Kier alpha value is -1.40. The van der Waals surface area contributed by atoms with Crippen molar-refractivity contribution in [3.8, 4) is 0 Å². The maximum absolute atomic E-state index is 12.4. The number of likely N-dealkylation sites (tertiary alicyclic amines) is 1. The van der Waals surface area contributed by atoms with E-state index in [4.69, 9.17) is 4.52 Å². The molecular weight excluding hydrogens is 270 g/mol. The molecular formula is C15H25N3O3. The summed E-state index contributed by atoms with van der Waals surface area (Å²) in [5.41, 5.74) is 0.671. The highest BCUT2D eigenvalue weighted by molar-refractivity contribution is 5.94. The lowest BCUT2D eigenvalue weighted by Crippen LogP contribution is -2.43. The van der Waals surface area contributed by atoms with Crippen LogP contribution in [0.25, 0.3) is 0 Å². The normalized spacial score (nSPS) is 23.8. The molecule has 1 aliphatic rings. The molecule has 21 heavy (non-hydrogen) atoms. The van der Waals surface area contributed by atoms with Crippen molar-refractivity contribution in [2.24, 2.45) is 0 Å². The Kier molecular flexibility index (Phi) is 4.39. The van der Waals surface area contributed by atoms with Gasteiger partial charge in [-0.1, -0.05) is 25.9 Å². The number of β-amino-alcohol motifs (C(OH)–C–C–N with tert-alkyl or cyclic N) is 1. The molecule has 2 unspecified atom stereocenters. The van der Waals surface area contributed by atoms with Gasteiger partial charge in [-0.05, 0) is 20.3 Å². The first-order valence-electron chi connectivity index (χ1n) is 7.40. The Morgan fingerprint density at radius 2 is 2.19 bits per heavy atom. The van der Waals surface area contributed by atoms with Gasteiger partial charge in [0.2, 0.25) is 11.8 Å². The number of nitrogens with one attached hydrogen (secondary N) is 1. The zero-order valence-electron chi connectivity index (χ0n) is 13.4. The summed E-state index contributed by atoms with van der Waals surface area (Å²) in [6, 6.07) is 1.63. The summed E-state index contributed by atoms with van der Waals surface area (Å²) >= 11 is 0. The fraction of sp³-hybridized carbons (Fsp3) is 0.733. The lowest BCUT2D eigenvalue weighted by atomic mass is 9.92. The predicted octanol–water partition coefficient (Wildman–Crippen LogP) is 1.75. The lowest BCUT2D eigenvalue weighted by molar-refractivity contribution is -0.121. The van der Waals surface area contributed by atoms with E-state index in [-0.39, 0.29) is 23.4 Å². The van der Waals surface area contributed by atoms with Crippen molar-refractivity contribution in [3.05, 3.63) is 11.8 Å². The van der Waals surface area contributed by atoms with Crippen LogP contribution in [0.3, 0.4) is 0 Å². The average Bonchev–Trinajstić information content (AvgIpc) is 2.94. The first-order valence-corrected chi connectivity index (χ1v) is 7.40. The number of aliphatic hydroxyl groups is 1. The number of hydrogen-bond acceptors (Lipinski definition) is 5. The Balaban J connectivity index is 2.06. The van der Waals surface area contributed by atoms with Crippen molar-refractivity contribution in [2.75, 3.05) is 11.9 Å². The van der Waals surface area contributed by atoms with E-state index >= 15 is 0 Å². The topological polar surface area (TPSA) is 78.6 Å². The number of carbonyl (C=O) groups excluding carboxylic acids is 1. The van der Waals surface area contributed by atoms with Crippen LogP contribution in [-0.4, -0.2) is 45.8 Å². The highest BCUT2D eigenvalue weighted by Gasteiger charge is 2.37. The second-order valence-corrected chi connectivity index (χ2v) is 7.01. The van der Waals surface area contributed by atoms with Gasteiger partial charge in [0.25, 0.3) is 0 Å². The summed E-state index contributed by atoms with van der Waals surface area (Å²) < 4.78 is 5.18. The van der Waals surface area contributed by atoms with Crippen LogP contribution in [0.1, 0.15) is 46.7 Å². The van der Waals surface area contributed by atoms with Crippen molar-refractivity contribution in [1.82, 2.24) is 10.1 Å². The van der Waals surface area contributed by atoms with Crippen molar-refractivity contribution < 1.29 is 14.4 Å². The summed E-state index contributed by atoms with van der Waals surface area (Å²) in [6.45, 7) is 10.7. The van der Waals surface area contributed by atoms with Crippen LogP contribution >= 0.6 is 0 Å². The molecule has 1 aromatic rings. The number of hydrogen-bond donors (Lipinski definition) is 2. The van der Waals surface area contributed by atoms with E-state index in [9.17, 15) is 9.90 Å². The maximum Gasteiger partial charge on any atom is 0.244 e. The van der Waals surface area contributed by atoms with Gasteiger partial charge in [0.05, 0.1) is 17.8 Å². The fourth-order valence-electron chi connectivity index (χ4n) is 2.56. The van der Waals surface area contributed by atoms with Crippen LogP contribution < -0.4 is 5.32 Å². The molecule has 1 amide bonds. The molecule has 2 heterocycles. The van der Waals surface area contributed by atoms with Crippen LogP contribution in [0.2, 0.25) is 0 Å². The predicted molar refractivity (Wildman–Crippen MR) is 80.1 cm³/mol. The van der Waals surface area contributed by atoms with Gasteiger partial charge in [0, 0.05) is 24.1 Å². The number of carbonyl (C=O) groups is 1. The number of amides is 1. The zero-order chi connectivity index (χ0) is 15.8. The minimum absolute atomic E-state index is 0.125. The highest BCUT2D eigenvalue weighted by atomic mass is 16.5. The van der Waals surface area contributed by atoms with Gasteiger partial charge in [-0.3, -0.25) is 15.0 Å². The van der Waals surface area contributed by atoms with Crippen LogP contribution in [0, 0.1) is 0 Å². The Bertz CT molecular complexity index is 505. The summed E-state index contributed by atoms with van der Waals surface area (Å²) in [5, 5.41) is 16.5. The molecule has 118 valence electrons. The van der Waals surface area contributed by atoms with E-state index in [0.717, 1.165) is 5.69 Å². The van der Waals surface area contributed by atoms with E-state index in [0.29, 0.717) is 18.8 Å². The summed E-state index contributed by atoms with van der Waals surface area (Å²) in [6.07, 6.45) is -0.00686. The average molecular weight is 295 g/mol. The number of anilines is 1. The Morgan fingerprint density at radius 3 is 2.71 bits per heavy atom. The fourth-order valence-corrected chi connectivity index (χ4v) is 2.56. The minimum Gasteiger partial charge on any atom is -0.392 e. The van der Waals surface area contributed by atoms with Crippen LogP contribution in [-0.2, 0) is 10.2 Å². The first-order chi connectivity index (χ1) is 9.68. The molecule has 6 heteroatoms. The third kappa shape index (κ3) is 3.63. The molecule has 1 aliphatic heterocycles. The molecule has 0 aromatic carbocycles. The largest absolute Gasteiger partial charge is 0.392 e. The van der Waals surface area contributed by atoms with E-state index in [1.807, 2.05) is 39.5 Å². The monoisotopic (exact) mass is 295 g/mol. The standard InChI is InChI=1S/C15H25N3O3/c1-9(2)18-8-10(19)6-11(18)14(20)16-13-7-12(17-21-13)15(3,4)5/h7,9-11,19H,6,8H2,1-5H3,(H,16,20). The molecule has 1 fully saturated rings. The molecule has 0 bridgehead atoms. The number of nitrogens with zero attached hydrogens (tertiary/aromatic N) is 2. The van der Waals surface area contributed by atoms with Gasteiger partial charge in [-0.2, -0.15) is 0 Å². The van der Waals surface area contributed by atoms with E-state index in [1.165, 1.54) is 0 Å². The van der Waals surface area contributed by atoms with E-state index in [2.05, 4.69) is 10.5 Å². The van der Waals surface area contributed by atoms with Crippen molar-refractivity contribution in [3.63, 3.8) is 0 Å². The number of rotatable bonds is 3. The molecule has 2 N–H and O–H groups in total. The van der Waals surface area contributed by atoms with Gasteiger partial charge in [0.15, 0.2) is 0 Å². The van der Waals surface area contributed by atoms with E-state index < -0.39 is 6.10 Å². The molecule has 1 saturated heterocycles. The number of aromatic nitrogens is 1. The molecule has 2 rings (SSSR count). The molecule has 0 saturated carbocycles. The van der Waals surface area contributed by atoms with Crippen LogP contribution in [0.15, 0.2) is 10.6 Å². The Morgan fingerprint density at radius 1 is 1.52 bits per heavy atom. The molecule has 0 radical (unpaired) electrons. The second-order valence-electron chi connectivity index (χ2n) is 7.01. The van der Waals surface area contributed by atoms with Crippen molar-refractivity contribution in [2.45, 2.75) is 64.6 Å². The zero-order valence-corrected chi connectivity index (χ0v) is 13.4.